The Hall–Kier alpha value is -1.84. The molecule has 2 saturated carbocycles. The molecule has 3 atom stereocenters. The number of hydrogen-bond donors (Lipinski definition) is 3. The van der Waals surface area contributed by atoms with E-state index in [4.69, 9.17) is 0 Å². The van der Waals surface area contributed by atoms with Gasteiger partial charge in [-0.15, -0.1) is 0 Å². The molecule has 0 spiro atoms. The van der Waals surface area contributed by atoms with E-state index in [9.17, 15) is 20.1 Å². The predicted molar refractivity (Wildman–Crippen MR) is 101 cm³/mol. The summed E-state index contributed by atoms with van der Waals surface area (Å²) in [7, 11) is 0. The van der Waals surface area contributed by atoms with E-state index in [0.29, 0.717) is 29.6 Å². The number of fused-ring (bicyclic) bond motifs is 1. The number of aldehydes is 1. The Morgan fingerprint density at radius 3 is 2.54 bits per heavy atom. The first-order chi connectivity index (χ1) is 12.1. The maximum Gasteiger partial charge on any atom is 0.171 e. The fraction of sp³-hybridized carbons (Fsp3) is 0.636. The number of carbonyl (C=O) groups excluding carboxylic acids is 1. The van der Waals surface area contributed by atoms with Crippen molar-refractivity contribution in [3.05, 3.63) is 23.1 Å². The lowest BCUT2D eigenvalue weighted by atomic mass is 9.46. The fourth-order valence-corrected chi connectivity index (χ4v) is 6.03. The second-order valence-electron chi connectivity index (χ2n) is 9.33. The summed E-state index contributed by atoms with van der Waals surface area (Å²) in [5, 5.41) is 30.3. The van der Waals surface area contributed by atoms with Crippen molar-refractivity contribution in [2.24, 2.45) is 22.7 Å². The quantitative estimate of drug-likeness (QED) is 0.307. The summed E-state index contributed by atoms with van der Waals surface area (Å²) in [6, 6.07) is 1.41. The Kier molecular flexibility index (Phi) is 4.66. The largest absolute Gasteiger partial charge is 0.507 e. The molecule has 1 aromatic rings. The Balaban J connectivity index is 2.00. The Morgan fingerprint density at radius 1 is 1.19 bits per heavy atom. The van der Waals surface area contributed by atoms with Gasteiger partial charge >= 0.3 is 0 Å². The summed E-state index contributed by atoms with van der Waals surface area (Å²) in [6.07, 6.45) is 6.89. The molecule has 4 nitrogen and oxygen atoms in total. The zero-order valence-corrected chi connectivity index (χ0v) is 16.3. The van der Waals surface area contributed by atoms with E-state index in [1.54, 1.807) is 0 Å². The Bertz CT molecular complexity index is 709. The number of carbonyl (C=O) groups is 1. The van der Waals surface area contributed by atoms with E-state index in [-0.39, 0.29) is 28.4 Å². The Labute approximate surface area is 156 Å². The van der Waals surface area contributed by atoms with Crippen molar-refractivity contribution in [2.45, 2.75) is 66.2 Å². The molecule has 3 rings (SSSR count). The van der Waals surface area contributed by atoms with Gasteiger partial charge < -0.3 is 15.3 Å². The average molecular weight is 359 g/mol. The molecule has 4 heteroatoms. The Morgan fingerprint density at radius 2 is 1.88 bits per heavy atom. The summed E-state index contributed by atoms with van der Waals surface area (Å²) in [6.45, 7) is 9.33. The summed E-state index contributed by atoms with van der Waals surface area (Å²) in [5.41, 5.74) is 0.765. The summed E-state index contributed by atoms with van der Waals surface area (Å²) >= 11 is 0. The van der Waals surface area contributed by atoms with Crippen molar-refractivity contribution < 1.29 is 20.1 Å². The topological polar surface area (TPSA) is 77.8 Å². The average Bonchev–Trinajstić information content (AvgIpc) is 2.55. The van der Waals surface area contributed by atoms with Crippen molar-refractivity contribution >= 4 is 6.29 Å². The molecule has 0 saturated heterocycles. The van der Waals surface area contributed by atoms with Crippen LogP contribution in [0.25, 0.3) is 0 Å². The fourth-order valence-electron chi connectivity index (χ4n) is 6.03. The van der Waals surface area contributed by atoms with Crippen LogP contribution >= 0.6 is 0 Å². The first kappa shape index (κ1) is 18.9. The second kappa shape index (κ2) is 6.40. The predicted octanol–water partition coefficient (Wildman–Crippen LogP) is 5.00. The van der Waals surface area contributed by atoms with Crippen LogP contribution in [-0.2, 0) is 6.42 Å². The van der Waals surface area contributed by atoms with Crippen LogP contribution in [0.4, 0.5) is 0 Å². The van der Waals surface area contributed by atoms with Crippen molar-refractivity contribution in [3.8, 4) is 17.2 Å². The molecular formula is C22H31O4+. The SMILES string of the molecule is C[C+]1CC[C@H]2C(C)(C)CCC[C@]2(C)[C@H]1Cc1cc(O)c(O)c(C=O)c1O. The molecular weight excluding hydrogens is 328 g/mol. The molecule has 2 aliphatic rings. The van der Waals surface area contributed by atoms with E-state index < -0.39 is 5.75 Å². The van der Waals surface area contributed by atoms with Gasteiger partial charge in [0.05, 0.1) is 19.3 Å². The number of aromatic hydroxyl groups is 3. The first-order valence-electron chi connectivity index (χ1n) is 9.66. The number of phenols is 3. The van der Waals surface area contributed by atoms with Crippen LogP contribution < -0.4 is 0 Å². The smallest absolute Gasteiger partial charge is 0.171 e. The highest BCUT2D eigenvalue weighted by molar-refractivity contribution is 5.86. The zero-order chi connectivity index (χ0) is 19.3. The molecule has 0 unspecified atom stereocenters. The third kappa shape index (κ3) is 2.83. The first-order valence-corrected chi connectivity index (χ1v) is 9.66. The van der Waals surface area contributed by atoms with Gasteiger partial charge in [-0.3, -0.25) is 4.79 Å². The molecule has 0 bridgehead atoms. The van der Waals surface area contributed by atoms with Gasteiger partial charge in [0, 0.05) is 17.4 Å². The highest BCUT2D eigenvalue weighted by Crippen LogP contribution is 2.62. The minimum absolute atomic E-state index is 0.144. The lowest BCUT2D eigenvalue weighted by molar-refractivity contribution is -0.0621. The molecule has 0 radical (unpaired) electrons. The third-order valence-electron chi connectivity index (χ3n) is 7.40. The van der Waals surface area contributed by atoms with E-state index >= 15 is 0 Å². The molecule has 0 aliphatic heterocycles. The normalized spacial score (nSPS) is 30.7. The maximum absolute atomic E-state index is 11.2. The lowest BCUT2D eigenvalue weighted by Gasteiger charge is -2.55. The van der Waals surface area contributed by atoms with Gasteiger partial charge in [-0.1, -0.05) is 27.2 Å². The van der Waals surface area contributed by atoms with Crippen molar-refractivity contribution in [1.82, 2.24) is 0 Å². The number of phenolic OH excluding ortho intramolecular Hbond substituents is 3. The molecule has 3 N–H and O–H groups in total. The highest BCUT2D eigenvalue weighted by Gasteiger charge is 2.58. The van der Waals surface area contributed by atoms with Crippen LogP contribution in [0, 0.1) is 28.6 Å². The van der Waals surface area contributed by atoms with Gasteiger partial charge in [-0.2, -0.15) is 0 Å². The van der Waals surface area contributed by atoms with Gasteiger partial charge in [-0.25, -0.2) is 0 Å². The molecule has 0 aromatic heterocycles. The van der Waals surface area contributed by atoms with Crippen LogP contribution in [0.15, 0.2) is 6.07 Å². The van der Waals surface area contributed by atoms with Crippen LogP contribution in [0.2, 0.25) is 0 Å². The monoisotopic (exact) mass is 359 g/mol. The summed E-state index contributed by atoms with van der Waals surface area (Å²) < 4.78 is 0. The minimum atomic E-state index is -0.548. The molecule has 0 amide bonds. The van der Waals surface area contributed by atoms with Gasteiger partial charge in [0.15, 0.2) is 17.8 Å². The number of hydrogen-bond acceptors (Lipinski definition) is 4. The van der Waals surface area contributed by atoms with Crippen LogP contribution in [0.5, 0.6) is 17.2 Å². The molecule has 2 aliphatic carbocycles. The number of rotatable bonds is 3. The molecule has 26 heavy (non-hydrogen) atoms. The van der Waals surface area contributed by atoms with Gasteiger partial charge in [0.1, 0.15) is 17.2 Å². The number of benzene rings is 1. The highest BCUT2D eigenvalue weighted by atomic mass is 16.3. The van der Waals surface area contributed by atoms with Crippen LogP contribution in [0.3, 0.4) is 0 Å². The molecule has 2 fully saturated rings. The van der Waals surface area contributed by atoms with E-state index in [0.717, 1.165) is 12.8 Å². The maximum atomic E-state index is 11.2. The van der Waals surface area contributed by atoms with E-state index in [1.807, 2.05) is 0 Å². The van der Waals surface area contributed by atoms with Gasteiger partial charge in [0.25, 0.3) is 0 Å². The zero-order valence-electron chi connectivity index (χ0n) is 16.3. The van der Waals surface area contributed by atoms with Crippen molar-refractivity contribution in [3.63, 3.8) is 0 Å². The van der Waals surface area contributed by atoms with Crippen molar-refractivity contribution in [2.75, 3.05) is 0 Å². The van der Waals surface area contributed by atoms with Crippen LogP contribution in [0.1, 0.15) is 75.7 Å². The molecule has 1 aromatic carbocycles. The second-order valence-corrected chi connectivity index (χ2v) is 9.33. The molecule has 0 heterocycles. The van der Waals surface area contributed by atoms with E-state index in [2.05, 4.69) is 27.7 Å². The summed E-state index contributed by atoms with van der Waals surface area (Å²) in [4.78, 5) is 11.2. The van der Waals surface area contributed by atoms with Crippen molar-refractivity contribution in [1.29, 1.82) is 0 Å². The lowest BCUT2D eigenvalue weighted by Crippen LogP contribution is -2.51. The van der Waals surface area contributed by atoms with Gasteiger partial charge in [-0.05, 0) is 36.7 Å². The van der Waals surface area contributed by atoms with E-state index in [1.165, 1.54) is 31.2 Å². The molecule has 142 valence electrons. The van der Waals surface area contributed by atoms with Crippen LogP contribution in [-0.4, -0.2) is 21.6 Å². The van der Waals surface area contributed by atoms with Gasteiger partial charge in [0.2, 0.25) is 0 Å². The third-order valence-corrected chi connectivity index (χ3v) is 7.40. The summed E-state index contributed by atoms with van der Waals surface area (Å²) in [5.74, 6) is 1.24. The minimum Gasteiger partial charge on any atom is -0.507 e. The standard InChI is InChI=1S/C22H30O4/c1-13-6-7-18-21(2,3)8-5-9-22(18,4)16(13)10-14-11-17(24)20(26)15(12-23)19(14)25/h11-12,16,18H,5-10H2,1-4H3,(H2-,23,24,25,26)/p+1/t16-,18-,22+/m0/s1.